The molecule has 0 N–H and O–H groups in total. The molecule has 0 saturated carbocycles. The molecule has 4 aromatic rings. The van der Waals surface area contributed by atoms with Crippen LogP contribution < -0.4 is 9.41 Å². The Kier molecular flexibility index (Phi) is 9.88. The Labute approximate surface area is 213 Å². The Bertz CT molecular complexity index is 1100. The zero-order chi connectivity index (χ0) is 20.2. The summed E-state index contributed by atoms with van der Waals surface area (Å²) in [6.07, 6.45) is 11.0. The summed E-state index contributed by atoms with van der Waals surface area (Å²) in [6, 6.07) is 38.1. The van der Waals surface area contributed by atoms with Crippen LogP contribution in [-0.2, 0) is 26.2 Å². The topological polar surface area (TPSA) is 0 Å². The number of halogens is 2. The fourth-order valence-corrected chi connectivity index (χ4v) is 4.18. The zero-order valence-electron chi connectivity index (χ0n) is 18.0. The van der Waals surface area contributed by atoms with Crippen LogP contribution in [0.2, 0.25) is 0 Å². The van der Waals surface area contributed by atoms with E-state index in [1.807, 2.05) is 12.1 Å². The number of hydrogen-bond acceptors (Lipinski definition) is 0. The summed E-state index contributed by atoms with van der Waals surface area (Å²) in [6.45, 7) is 0. The van der Waals surface area contributed by atoms with E-state index >= 15 is 0 Å². The summed E-state index contributed by atoms with van der Waals surface area (Å²) < 4.78 is 0. The second-order valence-electron chi connectivity index (χ2n) is 7.57. The van der Waals surface area contributed by atoms with Gasteiger partial charge in [-0.05, 0) is 0 Å². The third-order valence-electron chi connectivity index (χ3n) is 5.69. The van der Waals surface area contributed by atoms with E-state index in [4.69, 9.17) is 0 Å². The third-order valence-corrected chi connectivity index (χ3v) is 5.69. The van der Waals surface area contributed by atoms with Gasteiger partial charge in [0.15, 0.2) is 0 Å². The molecule has 0 amide bonds. The molecule has 2 unspecified atom stereocenters. The van der Waals surface area contributed by atoms with Crippen molar-refractivity contribution in [3.05, 3.63) is 155 Å². The molecule has 33 heavy (non-hydrogen) atoms. The second-order valence-corrected chi connectivity index (χ2v) is 7.57. The van der Waals surface area contributed by atoms with E-state index in [0.717, 1.165) is 0 Å². The monoisotopic (exact) mass is 510 g/mol. The molecule has 160 valence electrons. The van der Waals surface area contributed by atoms with Crippen LogP contribution in [-0.4, -0.2) is 0 Å². The van der Waals surface area contributed by atoms with Crippen molar-refractivity contribution >= 4 is 12.2 Å². The first-order valence-electron chi connectivity index (χ1n) is 10.4. The number of allylic oxidation sites excluding steroid dienone is 2. The minimum atomic E-state index is 0. The van der Waals surface area contributed by atoms with E-state index in [0.29, 0.717) is 11.8 Å². The van der Waals surface area contributed by atoms with Gasteiger partial charge in [0.05, 0.1) is 0 Å². The Morgan fingerprint density at radius 1 is 0.424 bits per heavy atom. The molecule has 0 radical (unpaired) electrons. The molecular weight excluding hydrogens is 490 g/mol. The maximum atomic E-state index is 3.41. The summed E-state index contributed by atoms with van der Waals surface area (Å²) in [5.74, 6) is 0.643. The van der Waals surface area contributed by atoms with Crippen molar-refractivity contribution < 1.29 is 35.6 Å². The Morgan fingerprint density at radius 3 is 1.15 bits per heavy atom. The van der Waals surface area contributed by atoms with Gasteiger partial charge in [0, 0.05) is 0 Å². The molecular formula is C30H22F2Zr. The van der Waals surface area contributed by atoms with Gasteiger partial charge in [0.2, 0.25) is 0 Å². The predicted molar refractivity (Wildman–Crippen MR) is 125 cm³/mol. The van der Waals surface area contributed by atoms with Crippen molar-refractivity contribution in [2.24, 2.45) is 0 Å². The first kappa shape index (κ1) is 26.4. The molecule has 6 rings (SSSR count). The van der Waals surface area contributed by atoms with Gasteiger partial charge >= 0.3 is 26.2 Å². The average Bonchev–Trinajstić information content (AvgIpc) is 3.45. The molecule has 2 aliphatic rings. The molecule has 0 bridgehead atoms. The van der Waals surface area contributed by atoms with Crippen LogP contribution >= 0.6 is 0 Å². The maximum absolute atomic E-state index is 3.41. The van der Waals surface area contributed by atoms with E-state index in [1.54, 1.807) is 0 Å². The van der Waals surface area contributed by atoms with E-state index in [-0.39, 0.29) is 35.6 Å². The predicted octanol–water partition coefficient (Wildman–Crippen LogP) is 1.30. The molecule has 2 aliphatic carbocycles. The van der Waals surface area contributed by atoms with Crippen LogP contribution in [0.1, 0.15) is 45.2 Å². The standard InChI is InChI=1S/2C15H11.2FH.Zr/c2*1-2-6-12(7-3-1)15-11-10-13-8-4-5-9-14(13)15;;;/h2*1-10,15H;2*1H;/q2*-1;;;+4/p-2. The van der Waals surface area contributed by atoms with Crippen molar-refractivity contribution in [3.8, 4) is 0 Å². The molecule has 4 aromatic carbocycles. The molecule has 0 fully saturated rings. The Morgan fingerprint density at radius 2 is 0.758 bits per heavy atom. The van der Waals surface area contributed by atoms with Gasteiger partial charge in [-0.1, -0.05) is 120 Å². The SMILES string of the molecule is [C-]1=Cc2ccccc2C1c1ccccc1.[C-]1=Cc2ccccc2C1c1ccccc1.[F-].[F-].[Zr+4]. The molecule has 0 aromatic heterocycles. The quantitative estimate of drug-likeness (QED) is 0.356. The van der Waals surface area contributed by atoms with Crippen molar-refractivity contribution in [2.45, 2.75) is 11.8 Å². The van der Waals surface area contributed by atoms with Crippen LogP contribution in [0.25, 0.3) is 12.2 Å². The summed E-state index contributed by atoms with van der Waals surface area (Å²) in [4.78, 5) is 0. The van der Waals surface area contributed by atoms with Crippen LogP contribution in [0.3, 0.4) is 0 Å². The van der Waals surface area contributed by atoms with Crippen LogP contribution in [0, 0.1) is 12.2 Å². The van der Waals surface area contributed by atoms with Gasteiger partial charge in [-0.3, -0.25) is 12.2 Å². The smallest absolute Gasteiger partial charge is 1.00 e. The van der Waals surface area contributed by atoms with E-state index in [2.05, 4.69) is 121 Å². The fraction of sp³-hybridized carbons (Fsp3) is 0.0667. The minimum Gasteiger partial charge on any atom is -1.00 e. The summed E-state index contributed by atoms with van der Waals surface area (Å²) in [7, 11) is 0. The van der Waals surface area contributed by atoms with E-state index in [1.165, 1.54) is 33.4 Å². The molecule has 0 heterocycles. The van der Waals surface area contributed by atoms with E-state index < -0.39 is 0 Å². The average molecular weight is 512 g/mol. The number of fused-ring (bicyclic) bond motifs is 2. The maximum Gasteiger partial charge on any atom is 4.00 e. The summed E-state index contributed by atoms with van der Waals surface area (Å²) >= 11 is 0. The molecule has 0 spiro atoms. The van der Waals surface area contributed by atoms with Gasteiger partial charge in [0.25, 0.3) is 0 Å². The minimum absolute atomic E-state index is 0. The van der Waals surface area contributed by atoms with Gasteiger partial charge in [0.1, 0.15) is 0 Å². The third kappa shape index (κ3) is 5.73. The first-order valence-corrected chi connectivity index (χ1v) is 10.4. The summed E-state index contributed by atoms with van der Waals surface area (Å²) in [5.41, 5.74) is 7.96. The van der Waals surface area contributed by atoms with Crippen molar-refractivity contribution in [1.82, 2.24) is 0 Å². The first-order chi connectivity index (χ1) is 14.9. The molecule has 0 nitrogen and oxygen atoms in total. The van der Waals surface area contributed by atoms with E-state index in [9.17, 15) is 0 Å². The normalized spacial score (nSPS) is 16.1. The van der Waals surface area contributed by atoms with Gasteiger partial charge in [-0.25, -0.2) is 12.2 Å². The molecule has 3 heteroatoms. The van der Waals surface area contributed by atoms with Crippen molar-refractivity contribution in [1.29, 1.82) is 0 Å². The van der Waals surface area contributed by atoms with Gasteiger partial charge in [-0.2, -0.15) is 11.1 Å². The van der Waals surface area contributed by atoms with Crippen LogP contribution in [0.4, 0.5) is 0 Å². The van der Waals surface area contributed by atoms with Crippen LogP contribution in [0.15, 0.2) is 109 Å². The van der Waals surface area contributed by atoms with Crippen LogP contribution in [0.5, 0.6) is 0 Å². The summed E-state index contributed by atoms with van der Waals surface area (Å²) in [5, 5.41) is 0. The van der Waals surface area contributed by atoms with Crippen molar-refractivity contribution in [2.75, 3.05) is 0 Å². The molecule has 2 atom stereocenters. The van der Waals surface area contributed by atoms with Gasteiger partial charge < -0.3 is 9.41 Å². The Hall–Kier alpha value is -2.90. The zero-order valence-corrected chi connectivity index (χ0v) is 20.4. The second kappa shape index (κ2) is 12.4. The largest absolute Gasteiger partial charge is 4.00 e. The van der Waals surface area contributed by atoms with Crippen molar-refractivity contribution in [3.63, 3.8) is 0 Å². The fourth-order valence-electron chi connectivity index (χ4n) is 4.18. The Balaban J connectivity index is 0.000000214. The molecule has 0 saturated heterocycles. The number of hydrogen-bond donors (Lipinski definition) is 0. The van der Waals surface area contributed by atoms with Gasteiger partial charge in [-0.15, -0.1) is 23.3 Å². The molecule has 0 aliphatic heterocycles. The number of benzene rings is 4. The number of rotatable bonds is 2.